The fourth-order valence-electron chi connectivity index (χ4n) is 4.06. The van der Waals surface area contributed by atoms with Crippen LogP contribution in [0.2, 0.25) is 0 Å². The smallest absolute Gasteiger partial charge is 0.274 e. The first kappa shape index (κ1) is 18.5. The highest BCUT2D eigenvalue weighted by atomic mass is 79.9. The first-order chi connectivity index (χ1) is 15.2. The average molecular weight is 486 g/mol. The van der Waals surface area contributed by atoms with Crippen molar-refractivity contribution < 1.29 is 0 Å². The number of rotatable bonds is 3. The number of nitrogens with zero attached hydrogens (tertiary/aromatic N) is 3. The van der Waals surface area contributed by atoms with Gasteiger partial charge in [0.25, 0.3) is 5.56 Å². The molecule has 0 aliphatic rings. The molecule has 0 spiro atoms. The SMILES string of the molecule is O=c1/c(=C/c2cn(Cc3ccc(Br)cc3)c3ccccc23)sc2nc3ccccc3n12. The van der Waals surface area contributed by atoms with Gasteiger partial charge in [-0.25, -0.2) is 9.38 Å². The molecule has 0 atom stereocenters. The summed E-state index contributed by atoms with van der Waals surface area (Å²) in [5.74, 6) is 0. The molecule has 0 aliphatic carbocycles. The number of imidazole rings is 1. The lowest BCUT2D eigenvalue weighted by Crippen LogP contribution is -2.22. The van der Waals surface area contributed by atoms with E-state index in [-0.39, 0.29) is 5.56 Å². The van der Waals surface area contributed by atoms with Crippen LogP contribution in [0.3, 0.4) is 0 Å². The minimum absolute atomic E-state index is 0.0153. The number of aromatic nitrogens is 3. The highest BCUT2D eigenvalue weighted by molar-refractivity contribution is 9.10. The molecule has 0 unspecified atom stereocenters. The van der Waals surface area contributed by atoms with Gasteiger partial charge in [0.1, 0.15) is 0 Å². The molecule has 0 aliphatic heterocycles. The Bertz CT molecular complexity index is 1690. The highest BCUT2D eigenvalue weighted by Crippen LogP contribution is 2.24. The molecule has 6 heteroatoms. The first-order valence-corrected chi connectivity index (χ1v) is 11.5. The molecule has 4 nitrogen and oxygen atoms in total. The van der Waals surface area contributed by atoms with Crippen molar-refractivity contribution in [1.29, 1.82) is 0 Å². The predicted molar refractivity (Wildman–Crippen MR) is 131 cm³/mol. The van der Waals surface area contributed by atoms with E-state index in [1.807, 2.05) is 36.4 Å². The minimum atomic E-state index is -0.0153. The van der Waals surface area contributed by atoms with Crippen LogP contribution in [0.4, 0.5) is 0 Å². The standard InChI is InChI=1S/C25H16BrN3OS/c26-18-11-9-16(10-12-18)14-28-15-17(19-5-1-3-7-21(19)28)13-23-24(30)29-22-8-4-2-6-20(22)27-25(29)31-23/h1-13,15H,14H2/b23-13-. The lowest BCUT2D eigenvalue weighted by atomic mass is 10.2. The lowest BCUT2D eigenvalue weighted by molar-refractivity contribution is 0.836. The largest absolute Gasteiger partial charge is 0.342 e. The molecule has 150 valence electrons. The third kappa shape index (κ3) is 3.10. The zero-order chi connectivity index (χ0) is 20.9. The maximum atomic E-state index is 13.2. The minimum Gasteiger partial charge on any atom is -0.342 e. The molecule has 6 aromatic rings. The number of halogens is 1. The summed E-state index contributed by atoms with van der Waals surface area (Å²) in [6, 6.07) is 24.4. The summed E-state index contributed by atoms with van der Waals surface area (Å²) < 4.78 is 5.72. The van der Waals surface area contributed by atoms with Gasteiger partial charge in [-0.15, -0.1) is 0 Å². The van der Waals surface area contributed by atoms with Crippen LogP contribution in [-0.2, 0) is 6.54 Å². The van der Waals surface area contributed by atoms with Crippen LogP contribution in [0.5, 0.6) is 0 Å². The fourth-order valence-corrected chi connectivity index (χ4v) is 5.30. The topological polar surface area (TPSA) is 39.3 Å². The summed E-state index contributed by atoms with van der Waals surface area (Å²) in [6.07, 6.45) is 4.13. The molecule has 0 saturated carbocycles. The maximum Gasteiger partial charge on any atom is 0.274 e. The first-order valence-electron chi connectivity index (χ1n) is 9.91. The van der Waals surface area contributed by atoms with Crippen LogP contribution >= 0.6 is 27.3 Å². The molecule has 31 heavy (non-hydrogen) atoms. The van der Waals surface area contributed by atoms with Gasteiger partial charge in [0.05, 0.1) is 15.6 Å². The van der Waals surface area contributed by atoms with Crippen LogP contribution in [0.1, 0.15) is 11.1 Å². The zero-order valence-corrected chi connectivity index (χ0v) is 18.7. The molecule has 3 aromatic carbocycles. The van der Waals surface area contributed by atoms with E-state index >= 15 is 0 Å². The van der Waals surface area contributed by atoms with Gasteiger partial charge < -0.3 is 4.57 Å². The van der Waals surface area contributed by atoms with Gasteiger partial charge in [-0.1, -0.05) is 69.7 Å². The second-order valence-electron chi connectivity index (χ2n) is 7.49. The molecule has 6 rings (SSSR count). The monoisotopic (exact) mass is 485 g/mol. The van der Waals surface area contributed by atoms with E-state index in [1.54, 1.807) is 4.40 Å². The van der Waals surface area contributed by atoms with Crippen LogP contribution in [0, 0.1) is 0 Å². The quantitative estimate of drug-likeness (QED) is 0.344. The van der Waals surface area contributed by atoms with Crippen molar-refractivity contribution in [3.8, 4) is 0 Å². The van der Waals surface area contributed by atoms with E-state index in [0.29, 0.717) is 4.53 Å². The Morgan fingerprint density at radius 1 is 0.935 bits per heavy atom. The van der Waals surface area contributed by atoms with Gasteiger partial charge >= 0.3 is 0 Å². The summed E-state index contributed by atoms with van der Waals surface area (Å²) in [7, 11) is 0. The van der Waals surface area contributed by atoms with Crippen molar-refractivity contribution in [2.45, 2.75) is 6.54 Å². The average Bonchev–Trinajstić information content (AvgIpc) is 3.42. The van der Waals surface area contributed by atoms with Crippen molar-refractivity contribution in [2.75, 3.05) is 0 Å². The molecular formula is C25H16BrN3OS. The number of benzene rings is 3. The van der Waals surface area contributed by atoms with Crippen molar-refractivity contribution in [3.63, 3.8) is 0 Å². The molecule has 0 saturated heterocycles. The van der Waals surface area contributed by atoms with Gasteiger partial charge in [0.2, 0.25) is 0 Å². The molecule has 0 N–H and O–H groups in total. The van der Waals surface area contributed by atoms with Gasteiger partial charge in [-0.3, -0.25) is 4.79 Å². The number of hydrogen-bond donors (Lipinski definition) is 0. The van der Waals surface area contributed by atoms with E-state index in [2.05, 4.69) is 74.1 Å². The van der Waals surface area contributed by atoms with Crippen LogP contribution in [0.25, 0.3) is 33.0 Å². The third-order valence-corrected chi connectivity index (χ3v) is 7.01. The summed E-state index contributed by atoms with van der Waals surface area (Å²) in [4.78, 5) is 18.5. The van der Waals surface area contributed by atoms with Gasteiger partial charge in [0.15, 0.2) is 4.96 Å². The van der Waals surface area contributed by atoms with E-state index in [4.69, 9.17) is 0 Å². The van der Waals surface area contributed by atoms with Crippen LogP contribution in [0.15, 0.2) is 88.3 Å². The van der Waals surface area contributed by atoms with Gasteiger partial charge in [-0.2, -0.15) is 0 Å². The zero-order valence-electron chi connectivity index (χ0n) is 16.3. The second kappa shape index (κ2) is 7.18. The fraction of sp³-hybridized carbons (Fsp3) is 0.0400. The molecule has 0 amide bonds. The summed E-state index contributed by atoms with van der Waals surface area (Å²) >= 11 is 4.93. The van der Waals surface area contributed by atoms with E-state index < -0.39 is 0 Å². The van der Waals surface area contributed by atoms with E-state index in [1.165, 1.54) is 16.9 Å². The molecule has 0 radical (unpaired) electrons. The Kier molecular flexibility index (Phi) is 4.30. The van der Waals surface area contributed by atoms with Crippen molar-refractivity contribution in [1.82, 2.24) is 14.0 Å². The molecular weight excluding hydrogens is 470 g/mol. The highest BCUT2D eigenvalue weighted by Gasteiger charge is 2.12. The second-order valence-corrected chi connectivity index (χ2v) is 9.42. The van der Waals surface area contributed by atoms with Crippen molar-refractivity contribution in [2.24, 2.45) is 0 Å². The Hall–Kier alpha value is -3.22. The lowest BCUT2D eigenvalue weighted by Gasteiger charge is -2.05. The Balaban J connectivity index is 1.52. The van der Waals surface area contributed by atoms with E-state index in [9.17, 15) is 4.79 Å². The number of thiazole rings is 1. The Labute approximate surface area is 189 Å². The maximum absolute atomic E-state index is 13.2. The molecule has 3 heterocycles. The molecule has 0 bridgehead atoms. The number of hydrogen-bond acceptors (Lipinski definition) is 3. The normalized spacial score (nSPS) is 12.5. The Morgan fingerprint density at radius 3 is 2.52 bits per heavy atom. The third-order valence-electron chi connectivity index (χ3n) is 5.52. The Morgan fingerprint density at radius 2 is 1.68 bits per heavy atom. The van der Waals surface area contributed by atoms with Crippen LogP contribution in [-0.4, -0.2) is 14.0 Å². The van der Waals surface area contributed by atoms with Crippen LogP contribution < -0.4 is 10.1 Å². The van der Waals surface area contributed by atoms with Crippen molar-refractivity contribution >= 4 is 60.2 Å². The van der Waals surface area contributed by atoms with Gasteiger partial charge in [0, 0.05) is 33.7 Å². The molecule has 0 fully saturated rings. The summed E-state index contributed by atoms with van der Waals surface area (Å²) in [6.45, 7) is 0.768. The predicted octanol–water partition coefficient (Wildman–Crippen LogP) is 5.22. The number of fused-ring (bicyclic) bond motifs is 4. The summed E-state index contributed by atoms with van der Waals surface area (Å²) in [5.41, 5.74) is 5.11. The van der Waals surface area contributed by atoms with E-state index in [0.717, 1.165) is 43.5 Å². The van der Waals surface area contributed by atoms with Crippen molar-refractivity contribution in [3.05, 3.63) is 109 Å². The van der Waals surface area contributed by atoms with Gasteiger partial charge in [-0.05, 0) is 42.0 Å². The molecule has 3 aromatic heterocycles. The number of para-hydroxylation sites is 3. The summed E-state index contributed by atoms with van der Waals surface area (Å²) in [5, 5.41) is 1.13.